The van der Waals surface area contributed by atoms with E-state index in [2.05, 4.69) is 38.1 Å². The summed E-state index contributed by atoms with van der Waals surface area (Å²) >= 11 is 9.77. The normalized spacial score (nSPS) is 14.4. The lowest BCUT2D eigenvalue weighted by atomic mass is 10.2. The first-order valence-electron chi connectivity index (χ1n) is 6.62. The molecule has 1 aromatic carbocycles. The average molecular weight is 353 g/mol. The Hall–Kier alpha value is -1.13. The van der Waals surface area contributed by atoms with Crippen molar-refractivity contribution < 1.29 is 0 Å². The van der Waals surface area contributed by atoms with Crippen molar-refractivity contribution in [3.63, 3.8) is 0 Å². The minimum Gasteiger partial charge on any atom is -0.340 e. The maximum atomic E-state index is 6.23. The molecule has 1 aliphatic carbocycles. The molecule has 0 atom stereocenters. The van der Waals surface area contributed by atoms with Crippen molar-refractivity contribution >= 4 is 39.0 Å². The smallest absolute Gasteiger partial charge is 0.138 e. The second-order valence-electron chi connectivity index (χ2n) is 5.16. The number of nitrogens with one attached hydrogen (secondary N) is 1. The van der Waals surface area contributed by atoms with Gasteiger partial charge in [0.05, 0.1) is 0 Å². The first-order valence-corrected chi connectivity index (χ1v) is 7.79. The van der Waals surface area contributed by atoms with Gasteiger partial charge in [0.2, 0.25) is 0 Å². The molecule has 2 aromatic rings. The fourth-order valence-corrected chi connectivity index (χ4v) is 2.56. The van der Waals surface area contributed by atoms with Crippen LogP contribution in [0.3, 0.4) is 0 Å². The molecule has 0 amide bonds. The molecular weight excluding hydrogens is 338 g/mol. The van der Waals surface area contributed by atoms with Crippen LogP contribution in [0.15, 0.2) is 22.7 Å². The molecule has 0 spiro atoms. The SMILES string of the molecule is Cc1c(Br)cccc1Nc1nc(C2CC2)nc(Cl)c1C. The minimum atomic E-state index is 0.484. The number of nitrogens with zero attached hydrogens (tertiary/aromatic N) is 2. The standard InChI is InChI=1S/C15H15BrClN3/c1-8-11(16)4-3-5-12(8)18-14-9(2)13(17)19-15(20-14)10-6-7-10/h3-5,10H,6-7H2,1-2H3,(H,18,19,20). The summed E-state index contributed by atoms with van der Waals surface area (Å²) in [6.45, 7) is 4.00. The van der Waals surface area contributed by atoms with E-state index < -0.39 is 0 Å². The molecule has 5 heteroatoms. The molecule has 0 radical (unpaired) electrons. The van der Waals surface area contributed by atoms with Gasteiger partial charge in [-0.3, -0.25) is 0 Å². The molecule has 0 unspecified atom stereocenters. The predicted molar refractivity (Wildman–Crippen MR) is 85.9 cm³/mol. The average Bonchev–Trinajstić information content (AvgIpc) is 3.24. The molecule has 3 rings (SSSR count). The van der Waals surface area contributed by atoms with E-state index in [9.17, 15) is 0 Å². The van der Waals surface area contributed by atoms with E-state index in [4.69, 9.17) is 11.6 Å². The van der Waals surface area contributed by atoms with Gasteiger partial charge in [-0.15, -0.1) is 0 Å². The third kappa shape index (κ3) is 2.67. The Balaban J connectivity index is 1.99. The lowest BCUT2D eigenvalue weighted by molar-refractivity contribution is 0.921. The molecule has 0 bridgehead atoms. The topological polar surface area (TPSA) is 37.8 Å². The molecule has 1 fully saturated rings. The largest absolute Gasteiger partial charge is 0.340 e. The summed E-state index contributed by atoms with van der Waals surface area (Å²) in [6, 6.07) is 6.06. The third-order valence-corrected chi connectivity index (χ3v) is 4.79. The maximum Gasteiger partial charge on any atom is 0.138 e. The number of anilines is 2. The van der Waals surface area contributed by atoms with Crippen molar-refractivity contribution in [2.45, 2.75) is 32.6 Å². The lowest BCUT2D eigenvalue weighted by Crippen LogP contribution is -2.04. The minimum absolute atomic E-state index is 0.484. The molecule has 1 N–H and O–H groups in total. The van der Waals surface area contributed by atoms with Crippen molar-refractivity contribution in [2.75, 3.05) is 5.32 Å². The number of benzene rings is 1. The number of hydrogen-bond acceptors (Lipinski definition) is 3. The Morgan fingerprint density at radius 1 is 1.20 bits per heavy atom. The van der Waals surface area contributed by atoms with Gasteiger partial charge < -0.3 is 5.32 Å². The highest BCUT2D eigenvalue weighted by atomic mass is 79.9. The van der Waals surface area contributed by atoms with Gasteiger partial charge in [-0.1, -0.05) is 33.6 Å². The van der Waals surface area contributed by atoms with Crippen LogP contribution < -0.4 is 5.32 Å². The summed E-state index contributed by atoms with van der Waals surface area (Å²) < 4.78 is 1.07. The van der Waals surface area contributed by atoms with Crippen molar-refractivity contribution in [3.05, 3.63) is 44.8 Å². The van der Waals surface area contributed by atoms with Crippen molar-refractivity contribution in [2.24, 2.45) is 0 Å². The highest BCUT2D eigenvalue weighted by Crippen LogP contribution is 2.40. The van der Waals surface area contributed by atoms with Gasteiger partial charge in [0, 0.05) is 21.6 Å². The molecule has 3 nitrogen and oxygen atoms in total. The van der Waals surface area contributed by atoms with Gasteiger partial charge in [0.25, 0.3) is 0 Å². The second-order valence-corrected chi connectivity index (χ2v) is 6.37. The zero-order chi connectivity index (χ0) is 14.3. The van der Waals surface area contributed by atoms with E-state index in [-0.39, 0.29) is 0 Å². The van der Waals surface area contributed by atoms with Crippen molar-refractivity contribution in [3.8, 4) is 0 Å². The van der Waals surface area contributed by atoms with Crippen LogP contribution in [-0.2, 0) is 0 Å². The summed E-state index contributed by atoms with van der Waals surface area (Å²) in [5, 5.41) is 3.92. The monoisotopic (exact) mass is 351 g/mol. The van der Waals surface area contributed by atoms with Crippen LogP contribution in [0, 0.1) is 13.8 Å². The number of aromatic nitrogens is 2. The van der Waals surface area contributed by atoms with Gasteiger partial charge in [-0.05, 0) is 44.4 Å². The Morgan fingerprint density at radius 3 is 2.65 bits per heavy atom. The first kappa shape index (κ1) is 13.8. The Morgan fingerprint density at radius 2 is 1.95 bits per heavy atom. The van der Waals surface area contributed by atoms with Crippen LogP contribution in [0.4, 0.5) is 11.5 Å². The Labute approximate surface area is 131 Å². The molecule has 20 heavy (non-hydrogen) atoms. The van der Waals surface area contributed by atoms with E-state index in [1.54, 1.807) is 0 Å². The van der Waals surface area contributed by atoms with Crippen LogP contribution >= 0.6 is 27.5 Å². The Kier molecular flexibility index (Phi) is 3.69. The first-order chi connectivity index (χ1) is 9.56. The summed E-state index contributed by atoms with van der Waals surface area (Å²) in [5.74, 6) is 2.14. The molecule has 0 aliphatic heterocycles. The number of halogens is 2. The molecule has 1 aromatic heterocycles. The molecule has 104 valence electrons. The van der Waals surface area contributed by atoms with Crippen LogP contribution in [0.2, 0.25) is 5.15 Å². The Bertz CT molecular complexity index is 668. The molecule has 1 heterocycles. The quantitative estimate of drug-likeness (QED) is 0.778. The van der Waals surface area contributed by atoms with E-state index in [0.29, 0.717) is 11.1 Å². The summed E-state index contributed by atoms with van der Waals surface area (Å²) in [6.07, 6.45) is 2.32. The van der Waals surface area contributed by atoms with E-state index in [0.717, 1.165) is 45.8 Å². The van der Waals surface area contributed by atoms with E-state index >= 15 is 0 Å². The molecule has 1 saturated carbocycles. The zero-order valence-electron chi connectivity index (χ0n) is 11.4. The van der Waals surface area contributed by atoms with Crippen LogP contribution in [0.1, 0.15) is 35.7 Å². The summed E-state index contributed by atoms with van der Waals surface area (Å²) in [7, 11) is 0. The van der Waals surface area contributed by atoms with Crippen LogP contribution in [0.25, 0.3) is 0 Å². The maximum absolute atomic E-state index is 6.23. The van der Waals surface area contributed by atoms with Gasteiger partial charge in [-0.2, -0.15) is 0 Å². The highest BCUT2D eigenvalue weighted by molar-refractivity contribution is 9.10. The van der Waals surface area contributed by atoms with Gasteiger partial charge in [0.15, 0.2) is 0 Å². The molecule has 0 saturated heterocycles. The zero-order valence-corrected chi connectivity index (χ0v) is 13.7. The second kappa shape index (κ2) is 5.34. The molecular formula is C15H15BrClN3. The van der Waals surface area contributed by atoms with Crippen LogP contribution in [-0.4, -0.2) is 9.97 Å². The summed E-state index contributed by atoms with van der Waals surface area (Å²) in [5.41, 5.74) is 3.06. The van der Waals surface area contributed by atoms with Crippen molar-refractivity contribution in [1.82, 2.24) is 9.97 Å². The fraction of sp³-hybridized carbons (Fsp3) is 0.333. The number of rotatable bonds is 3. The number of hydrogen-bond donors (Lipinski definition) is 1. The van der Waals surface area contributed by atoms with E-state index in [1.165, 1.54) is 0 Å². The van der Waals surface area contributed by atoms with E-state index in [1.807, 2.05) is 25.1 Å². The highest BCUT2D eigenvalue weighted by Gasteiger charge is 2.28. The summed E-state index contributed by atoms with van der Waals surface area (Å²) in [4.78, 5) is 9.02. The predicted octanol–water partition coefficient (Wildman–Crippen LogP) is 5.13. The molecule has 1 aliphatic rings. The lowest BCUT2D eigenvalue weighted by Gasteiger charge is -2.13. The third-order valence-electron chi connectivity index (χ3n) is 3.57. The fourth-order valence-electron chi connectivity index (χ4n) is 2.02. The van der Waals surface area contributed by atoms with Gasteiger partial charge >= 0.3 is 0 Å². The van der Waals surface area contributed by atoms with Crippen LogP contribution in [0.5, 0.6) is 0 Å². The van der Waals surface area contributed by atoms with Gasteiger partial charge in [-0.25, -0.2) is 9.97 Å². The van der Waals surface area contributed by atoms with Gasteiger partial charge in [0.1, 0.15) is 16.8 Å². The van der Waals surface area contributed by atoms with Crippen molar-refractivity contribution in [1.29, 1.82) is 0 Å².